The highest BCUT2D eigenvalue weighted by Crippen LogP contribution is 2.64. The van der Waals surface area contributed by atoms with Crippen LogP contribution in [0.5, 0.6) is 5.75 Å². The number of nitrogens with one attached hydrogen (secondary N) is 1. The number of halogens is 3. The number of nitrogens with zero attached hydrogens (tertiary/aromatic N) is 1. The molecule has 2 aliphatic carbocycles. The molecule has 10 heteroatoms. The number of alkyl halides is 3. The zero-order valence-corrected chi connectivity index (χ0v) is 28.7. The third-order valence-corrected chi connectivity index (χ3v) is 11.3. The molecule has 7 rings (SSSR count). The molecule has 5 atom stereocenters. The molecule has 3 aromatic carbocycles. The number of carbonyl (C=O) groups excluding carboxylic acids is 2. The molecule has 1 saturated heterocycles. The number of esters is 1. The van der Waals surface area contributed by atoms with Crippen LogP contribution in [-0.4, -0.2) is 54.5 Å². The molecule has 1 amide bonds. The second-order valence-corrected chi connectivity index (χ2v) is 14.8. The van der Waals surface area contributed by atoms with Gasteiger partial charge in [0.1, 0.15) is 11.9 Å². The molecule has 2 fully saturated rings. The number of ether oxygens (including phenoxy) is 3. The first-order chi connectivity index (χ1) is 23.9. The van der Waals surface area contributed by atoms with Gasteiger partial charge in [0.25, 0.3) is 5.91 Å². The lowest BCUT2D eigenvalue weighted by atomic mass is 9.51. The van der Waals surface area contributed by atoms with Crippen molar-refractivity contribution in [1.29, 1.82) is 0 Å². The Bertz CT molecular complexity index is 1790. The first kappa shape index (κ1) is 34.2. The lowest BCUT2D eigenvalue weighted by Crippen LogP contribution is -2.72. The highest BCUT2D eigenvalue weighted by molar-refractivity contribution is 6.08. The molecule has 4 aliphatic rings. The van der Waals surface area contributed by atoms with E-state index in [1.54, 1.807) is 24.3 Å². The van der Waals surface area contributed by atoms with Crippen molar-refractivity contribution in [3.05, 3.63) is 101 Å². The van der Waals surface area contributed by atoms with Gasteiger partial charge in [-0.2, -0.15) is 0 Å². The minimum absolute atomic E-state index is 0.0754. The van der Waals surface area contributed by atoms with Gasteiger partial charge in [-0.1, -0.05) is 80.6 Å². The van der Waals surface area contributed by atoms with Crippen molar-refractivity contribution >= 4 is 23.3 Å². The maximum Gasteiger partial charge on any atom is 0.573 e. The number of hydrogen-bond donors (Lipinski definition) is 1. The summed E-state index contributed by atoms with van der Waals surface area (Å²) >= 11 is 0. The predicted molar refractivity (Wildman–Crippen MR) is 183 cm³/mol. The van der Waals surface area contributed by atoms with Crippen LogP contribution in [0.25, 0.3) is 5.76 Å². The van der Waals surface area contributed by atoms with Crippen molar-refractivity contribution in [3.8, 4) is 5.75 Å². The lowest BCUT2D eigenvalue weighted by Gasteiger charge is -2.62. The van der Waals surface area contributed by atoms with Gasteiger partial charge < -0.3 is 24.0 Å². The predicted octanol–water partition coefficient (Wildman–Crippen LogP) is 7.94. The van der Waals surface area contributed by atoms with Gasteiger partial charge in [-0.15, -0.1) is 13.2 Å². The summed E-state index contributed by atoms with van der Waals surface area (Å²) in [7, 11) is 0. The Morgan fingerprint density at radius 3 is 2.42 bits per heavy atom. The Hall–Kier alpha value is -4.31. The summed E-state index contributed by atoms with van der Waals surface area (Å²) in [5, 5.41) is 2.67. The average Bonchev–Trinajstić information content (AvgIpc) is 3.42. The summed E-state index contributed by atoms with van der Waals surface area (Å²) in [6, 6.07) is 22.5. The van der Waals surface area contributed by atoms with Gasteiger partial charge in [-0.3, -0.25) is 9.59 Å². The number of likely N-dealkylation sites (tertiary alicyclic amines) is 1. The zero-order valence-electron chi connectivity index (χ0n) is 28.7. The fourth-order valence-corrected chi connectivity index (χ4v) is 9.76. The molecule has 2 aliphatic heterocycles. The van der Waals surface area contributed by atoms with Crippen molar-refractivity contribution in [1.82, 2.24) is 0 Å². The molecule has 0 radical (unpaired) electrons. The van der Waals surface area contributed by atoms with Crippen LogP contribution in [0, 0.1) is 11.8 Å². The minimum Gasteiger partial charge on any atom is -0.487 e. The highest BCUT2D eigenvalue weighted by atomic mass is 19.4. The molecule has 1 N–H and O–H groups in total. The van der Waals surface area contributed by atoms with E-state index >= 15 is 0 Å². The molecule has 50 heavy (non-hydrogen) atoms. The van der Waals surface area contributed by atoms with E-state index < -0.39 is 29.8 Å². The fraction of sp³-hybridized carbons (Fsp3) is 0.450. The van der Waals surface area contributed by atoms with E-state index in [1.165, 1.54) is 23.3 Å². The summed E-state index contributed by atoms with van der Waals surface area (Å²) in [5.41, 5.74) is 3.81. The van der Waals surface area contributed by atoms with Crippen LogP contribution in [-0.2, 0) is 37.3 Å². The van der Waals surface area contributed by atoms with Gasteiger partial charge in [-0.25, -0.2) is 0 Å². The maximum atomic E-state index is 13.8. The third kappa shape index (κ3) is 6.16. The van der Waals surface area contributed by atoms with Crippen molar-refractivity contribution in [2.75, 3.05) is 25.0 Å². The molecule has 0 aromatic heterocycles. The average molecular weight is 690 g/mol. The molecular weight excluding hydrogens is 645 g/mol. The Morgan fingerprint density at radius 2 is 1.74 bits per heavy atom. The Balaban J connectivity index is 1.27. The number of piperidine rings is 1. The Labute approximate surface area is 291 Å². The number of carbonyl (C=O) groups is 2. The van der Waals surface area contributed by atoms with Crippen LogP contribution in [0.1, 0.15) is 68.7 Å². The molecule has 1 saturated carbocycles. The largest absolute Gasteiger partial charge is 0.573 e. The minimum atomic E-state index is -5.23. The number of rotatable bonds is 10. The van der Waals surface area contributed by atoms with Gasteiger partial charge >= 0.3 is 12.3 Å². The number of benzene rings is 3. The number of amides is 1. The van der Waals surface area contributed by atoms with Crippen LogP contribution in [0.15, 0.2) is 78.6 Å². The number of hydrogen-bond acceptors (Lipinski definition) is 5. The van der Waals surface area contributed by atoms with E-state index in [4.69, 9.17) is 9.47 Å². The van der Waals surface area contributed by atoms with Gasteiger partial charge in [0, 0.05) is 49.1 Å². The zero-order chi connectivity index (χ0) is 35.3. The molecule has 1 unspecified atom stereocenters. The molecule has 7 nitrogen and oxygen atoms in total. The van der Waals surface area contributed by atoms with E-state index in [-0.39, 0.29) is 22.8 Å². The number of anilines is 1. The molecule has 264 valence electrons. The highest BCUT2D eigenvalue weighted by Gasteiger charge is 2.67. The van der Waals surface area contributed by atoms with E-state index in [0.29, 0.717) is 23.6 Å². The Kier molecular flexibility index (Phi) is 8.95. The van der Waals surface area contributed by atoms with Crippen molar-refractivity contribution < 1.29 is 41.5 Å². The fourth-order valence-electron chi connectivity index (χ4n) is 9.76. The standard InChI is InChI=1S/C40H43F3N2O5/c1-25(2)24-45(21-19-27-11-6-4-7-12-27)22-20-39-30-15-10-16-33(39)49-36-31(18-17-29(34(36)39)23-32(30)45)44-38(47)37(50-40(41,42)43)35(48-26(3)46)28-13-8-5-9-14-28/h4-9,11-14,17-18,25,30,32-33H,10,15-16,19-24H2,1-3H3/p+1/t30-,32+,33-,39+,45?/m0/s1. The van der Waals surface area contributed by atoms with E-state index in [2.05, 4.69) is 54.2 Å². The molecule has 1 spiro atoms. The van der Waals surface area contributed by atoms with E-state index in [9.17, 15) is 22.8 Å². The van der Waals surface area contributed by atoms with Gasteiger partial charge in [0.15, 0.2) is 5.76 Å². The maximum absolute atomic E-state index is 13.8. The SMILES string of the molecule is CC(=O)OC(=C(OC(F)(F)F)C(=O)Nc1ccc2c3c1O[C@H]1CCC[C@H]4[C@@H](C2)[N+](CCc2ccccc2)(CC(C)C)CC[C@]314)c1ccccc1. The molecular formula is C40H44F3N2O5+. The molecule has 2 bridgehead atoms. The second-order valence-electron chi connectivity index (χ2n) is 14.8. The van der Waals surface area contributed by atoms with Crippen LogP contribution in [0.4, 0.5) is 18.9 Å². The first-order valence-corrected chi connectivity index (χ1v) is 17.7. The van der Waals surface area contributed by atoms with Gasteiger partial charge in [-0.05, 0) is 36.5 Å². The number of quaternary nitrogens is 1. The summed E-state index contributed by atoms with van der Waals surface area (Å²) in [4.78, 5) is 25.8. The summed E-state index contributed by atoms with van der Waals surface area (Å²) in [6.45, 7) is 8.88. The van der Waals surface area contributed by atoms with Gasteiger partial charge in [0.05, 0.1) is 36.8 Å². The monoisotopic (exact) mass is 689 g/mol. The van der Waals surface area contributed by atoms with Crippen LogP contribution in [0.2, 0.25) is 0 Å². The second kappa shape index (κ2) is 13.1. The summed E-state index contributed by atoms with van der Waals surface area (Å²) < 4.78 is 58.6. The summed E-state index contributed by atoms with van der Waals surface area (Å²) in [6.07, 6.45) is 0.557. The van der Waals surface area contributed by atoms with Crippen molar-refractivity contribution in [2.24, 2.45) is 11.8 Å². The normalized spacial score (nSPS) is 26.7. The summed E-state index contributed by atoms with van der Waals surface area (Å²) in [5.74, 6) is -2.42. The molecule has 3 aromatic rings. The van der Waals surface area contributed by atoms with E-state index in [0.717, 1.165) is 75.1 Å². The topological polar surface area (TPSA) is 73.9 Å². The van der Waals surface area contributed by atoms with Crippen LogP contribution < -0.4 is 10.1 Å². The van der Waals surface area contributed by atoms with Crippen molar-refractivity contribution in [2.45, 2.75) is 83.2 Å². The molecule has 2 heterocycles. The Morgan fingerprint density at radius 1 is 1.02 bits per heavy atom. The third-order valence-electron chi connectivity index (χ3n) is 11.3. The van der Waals surface area contributed by atoms with Gasteiger partial charge in [0.2, 0.25) is 5.76 Å². The smallest absolute Gasteiger partial charge is 0.487 e. The van der Waals surface area contributed by atoms with E-state index in [1.807, 2.05) is 6.07 Å². The van der Waals surface area contributed by atoms with Crippen LogP contribution >= 0.6 is 0 Å². The first-order valence-electron chi connectivity index (χ1n) is 17.7. The van der Waals surface area contributed by atoms with Crippen LogP contribution in [0.3, 0.4) is 0 Å². The van der Waals surface area contributed by atoms with Crippen molar-refractivity contribution in [3.63, 3.8) is 0 Å². The lowest BCUT2D eigenvalue weighted by molar-refractivity contribution is -0.964. The quantitative estimate of drug-likeness (QED) is 0.101.